The molecule has 0 unspecified atom stereocenters. The summed E-state index contributed by atoms with van der Waals surface area (Å²) in [5.74, 6) is 2.14. The van der Waals surface area contributed by atoms with E-state index in [9.17, 15) is 0 Å². The van der Waals surface area contributed by atoms with Gasteiger partial charge in [-0.2, -0.15) is 0 Å². The maximum absolute atomic E-state index is 6.19. The molecule has 39 heavy (non-hydrogen) atoms. The van der Waals surface area contributed by atoms with Crippen LogP contribution >= 0.6 is 12.2 Å². The third-order valence-corrected chi connectivity index (χ3v) is 7.85. The van der Waals surface area contributed by atoms with Gasteiger partial charge in [-0.3, -0.25) is 0 Å². The first-order valence-electron chi connectivity index (χ1n) is 13.8. The lowest BCUT2D eigenvalue weighted by molar-refractivity contribution is 0.288. The van der Waals surface area contributed by atoms with Crippen LogP contribution in [-0.4, -0.2) is 19.2 Å². The molecule has 5 aromatic rings. The third-order valence-electron chi connectivity index (χ3n) is 7.56. The molecule has 0 aliphatic carbocycles. The van der Waals surface area contributed by atoms with Crippen molar-refractivity contribution in [1.82, 2.24) is 14.2 Å². The first-order chi connectivity index (χ1) is 19.0. The standard InChI is InChI=1S/C33H34N4OS/c1-22(2)26-13-7-8-15-28(26)34-32(39)31-30(24-18-16-23(3)17-19-24)27-14-9-10-20-36-29(35-37(31)33(27)36)21-38-25-11-5-4-6-12-25/h4-8,11-13,15-19,22H,9-10,14,20-21H2,1-3H3,(H,34,39). The number of thiocarbonyl (C=S) groups is 1. The van der Waals surface area contributed by atoms with Crippen molar-refractivity contribution < 1.29 is 4.74 Å². The molecule has 3 aromatic carbocycles. The summed E-state index contributed by atoms with van der Waals surface area (Å²) in [7, 11) is 0. The Morgan fingerprint density at radius 1 is 0.974 bits per heavy atom. The molecule has 0 saturated carbocycles. The number of anilines is 1. The highest BCUT2D eigenvalue weighted by Crippen LogP contribution is 2.38. The van der Waals surface area contributed by atoms with E-state index in [1.54, 1.807) is 0 Å². The zero-order valence-electron chi connectivity index (χ0n) is 22.8. The van der Waals surface area contributed by atoms with E-state index in [4.69, 9.17) is 22.1 Å². The Labute approximate surface area is 235 Å². The van der Waals surface area contributed by atoms with Crippen molar-refractivity contribution >= 4 is 28.5 Å². The Hall–Kier alpha value is -3.90. The molecular formula is C33H34N4OS. The maximum atomic E-state index is 6.19. The summed E-state index contributed by atoms with van der Waals surface area (Å²) in [5.41, 5.74) is 9.27. The van der Waals surface area contributed by atoms with E-state index in [1.165, 1.54) is 27.8 Å². The summed E-state index contributed by atoms with van der Waals surface area (Å²) in [5, 5.41) is 8.76. The predicted octanol–water partition coefficient (Wildman–Crippen LogP) is 7.94. The lowest BCUT2D eigenvalue weighted by atomic mass is 9.97. The molecule has 1 aliphatic rings. The second-order valence-electron chi connectivity index (χ2n) is 10.6. The number of nitrogens with zero attached hydrogens (tertiary/aromatic N) is 3. The number of aryl methyl sites for hydroxylation is 3. The fourth-order valence-corrected chi connectivity index (χ4v) is 5.91. The van der Waals surface area contributed by atoms with Gasteiger partial charge in [-0.15, -0.1) is 5.10 Å². The largest absolute Gasteiger partial charge is 0.486 e. The summed E-state index contributed by atoms with van der Waals surface area (Å²) in [6.07, 6.45) is 3.21. The van der Waals surface area contributed by atoms with Crippen LogP contribution in [0.25, 0.3) is 16.8 Å². The zero-order valence-corrected chi connectivity index (χ0v) is 23.6. The number of hydrogen-bond donors (Lipinski definition) is 1. The van der Waals surface area contributed by atoms with Gasteiger partial charge < -0.3 is 14.6 Å². The number of nitrogens with one attached hydrogen (secondary N) is 1. The fourth-order valence-electron chi connectivity index (χ4n) is 5.61. The molecule has 0 saturated heterocycles. The Morgan fingerprint density at radius 3 is 2.49 bits per heavy atom. The van der Waals surface area contributed by atoms with Gasteiger partial charge in [0, 0.05) is 23.4 Å². The smallest absolute Gasteiger partial charge is 0.169 e. The predicted molar refractivity (Wildman–Crippen MR) is 163 cm³/mol. The molecule has 0 radical (unpaired) electrons. The van der Waals surface area contributed by atoms with Gasteiger partial charge in [-0.25, -0.2) is 4.52 Å². The van der Waals surface area contributed by atoms with Crippen LogP contribution in [0.5, 0.6) is 5.75 Å². The lowest BCUT2D eigenvalue weighted by Crippen LogP contribution is -2.16. The molecule has 0 bridgehead atoms. The molecule has 198 valence electrons. The van der Waals surface area contributed by atoms with Crippen LogP contribution < -0.4 is 10.1 Å². The molecule has 6 rings (SSSR count). The maximum Gasteiger partial charge on any atom is 0.169 e. The summed E-state index contributed by atoms with van der Waals surface area (Å²) in [6.45, 7) is 7.86. The van der Waals surface area contributed by atoms with Crippen molar-refractivity contribution in [1.29, 1.82) is 0 Å². The van der Waals surface area contributed by atoms with Crippen LogP contribution in [0.4, 0.5) is 5.69 Å². The second kappa shape index (κ2) is 10.7. The fraction of sp³-hybridized carbons (Fsp3) is 0.273. The van der Waals surface area contributed by atoms with Crippen LogP contribution in [0.1, 0.15) is 60.8 Å². The molecule has 1 aliphatic heterocycles. The van der Waals surface area contributed by atoms with Gasteiger partial charge in [0.2, 0.25) is 0 Å². The van der Waals surface area contributed by atoms with E-state index in [1.807, 2.05) is 30.3 Å². The van der Waals surface area contributed by atoms with Crippen molar-refractivity contribution in [2.24, 2.45) is 0 Å². The molecule has 0 fully saturated rings. The highest BCUT2D eigenvalue weighted by Gasteiger charge is 2.29. The average molecular weight is 535 g/mol. The third kappa shape index (κ3) is 4.85. The normalized spacial score (nSPS) is 13.0. The lowest BCUT2D eigenvalue weighted by Gasteiger charge is -2.16. The first kappa shape index (κ1) is 25.4. The molecule has 2 aromatic heterocycles. The number of rotatable bonds is 7. The van der Waals surface area contributed by atoms with Crippen molar-refractivity contribution in [3.8, 4) is 16.9 Å². The number of aromatic nitrogens is 3. The van der Waals surface area contributed by atoms with Crippen LogP contribution in [-0.2, 0) is 19.6 Å². The Bertz CT molecular complexity index is 1630. The molecule has 6 heteroatoms. The molecule has 0 spiro atoms. The SMILES string of the molecule is Cc1ccc(-c2c3c4n(c(COc5ccccc5)nn4c2C(=S)Nc2ccccc2C(C)C)CCCC3)cc1. The topological polar surface area (TPSA) is 43.5 Å². The minimum Gasteiger partial charge on any atom is -0.486 e. The number of para-hydroxylation sites is 2. The van der Waals surface area contributed by atoms with Crippen LogP contribution in [0, 0.1) is 6.92 Å². The molecule has 3 heterocycles. The monoisotopic (exact) mass is 534 g/mol. The number of hydrogen-bond acceptors (Lipinski definition) is 3. The molecular weight excluding hydrogens is 500 g/mol. The molecule has 1 N–H and O–H groups in total. The van der Waals surface area contributed by atoms with Gasteiger partial charge >= 0.3 is 0 Å². The minimum absolute atomic E-state index is 0.377. The van der Waals surface area contributed by atoms with Gasteiger partial charge in [-0.1, -0.05) is 92.3 Å². The van der Waals surface area contributed by atoms with Gasteiger partial charge in [-0.05, 0) is 61.4 Å². The van der Waals surface area contributed by atoms with Crippen molar-refractivity contribution in [2.75, 3.05) is 5.32 Å². The number of ether oxygens (including phenoxy) is 1. The second-order valence-corrected chi connectivity index (χ2v) is 11.0. The Kier molecular flexibility index (Phi) is 6.96. The van der Waals surface area contributed by atoms with E-state index in [0.717, 1.165) is 54.4 Å². The van der Waals surface area contributed by atoms with E-state index >= 15 is 0 Å². The quantitative estimate of drug-likeness (QED) is 0.215. The highest BCUT2D eigenvalue weighted by atomic mass is 32.1. The summed E-state index contributed by atoms with van der Waals surface area (Å²) >= 11 is 6.19. The Balaban J connectivity index is 1.51. The van der Waals surface area contributed by atoms with Crippen LogP contribution in [0.2, 0.25) is 0 Å². The van der Waals surface area contributed by atoms with Gasteiger partial charge in [0.05, 0.1) is 0 Å². The highest BCUT2D eigenvalue weighted by molar-refractivity contribution is 7.81. The van der Waals surface area contributed by atoms with E-state index in [0.29, 0.717) is 17.5 Å². The van der Waals surface area contributed by atoms with Crippen LogP contribution in [0.3, 0.4) is 0 Å². The first-order valence-corrected chi connectivity index (χ1v) is 14.2. The summed E-state index contributed by atoms with van der Waals surface area (Å²) in [6, 6.07) is 27.1. The molecule has 5 nitrogen and oxygen atoms in total. The van der Waals surface area contributed by atoms with Gasteiger partial charge in [0.1, 0.15) is 28.7 Å². The van der Waals surface area contributed by atoms with E-state index in [-0.39, 0.29) is 0 Å². The Morgan fingerprint density at radius 2 is 1.72 bits per heavy atom. The van der Waals surface area contributed by atoms with Gasteiger partial charge in [0.25, 0.3) is 0 Å². The average Bonchev–Trinajstić information content (AvgIpc) is 3.34. The van der Waals surface area contributed by atoms with Crippen LogP contribution in [0.15, 0.2) is 78.9 Å². The van der Waals surface area contributed by atoms with Gasteiger partial charge in [0.15, 0.2) is 5.82 Å². The number of benzene rings is 3. The summed E-state index contributed by atoms with van der Waals surface area (Å²) < 4.78 is 10.6. The summed E-state index contributed by atoms with van der Waals surface area (Å²) in [4.78, 5) is 0.681. The van der Waals surface area contributed by atoms with Crippen molar-refractivity contribution in [3.63, 3.8) is 0 Å². The molecule has 0 atom stereocenters. The van der Waals surface area contributed by atoms with E-state index in [2.05, 4.69) is 83.7 Å². The van der Waals surface area contributed by atoms with Crippen molar-refractivity contribution in [2.45, 2.75) is 59.1 Å². The zero-order chi connectivity index (χ0) is 26.9. The van der Waals surface area contributed by atoms with E-state index < -0.39 is 0 Å². The van der Waals surface area contributed by atoms with Crippen molar-refractivity contribution in [3.05, 3.63) is 107 Å². The minimum atomic E-state index is 0.377. The molecule has 0 amide bonds.